The summed E-state index contributed by atoms with van der Waals surface area (Å²) >= 11 is 2.75. The summed E-state index contributed by atoms with van der Waals surface area (Å²) in [6.45, 7) is 0.846. The first-order valence-electron chi connectivity index (χ1n) is 3.23. The molecule has 0 saturated heterocycles. The molecule has 0 aliphatic rings. The zero-order chi connectivity index (χ0) is 9.61. The Morgan fingerprint density at radius 2 is 2.08 bits per heavy atom. The Balaban J connectivity index is 4.18. The maximum absolute atomic E-state index is 10.8. The minimum absolute atomic E-state index is 0.334. The molecule has 0 aromatic heterocycles. The first kappa shape index (κ1) is 11.4. The predicted molar refractivity (Wildman–Crippen MR) is 47.4 cm³/mol. The average Bonchev–Trinajstić information content (AvgIpc) is 2.05. The predicted octanol–water partition coefficient (Wildman–Crippen LogP) is -0.798. The van der Waals surface area contributed by atoms with Crippen LogP contribution >= 0.6 is 15.9 Å². The summed E-state index contributed by atoms with van der Waals surface area (Å²) in [5.41, 5.74) is -1.01. The molecule has 0 fully saturated rings. The van der Waals surface area contributed by atoms with Crippen LogP contribution in [0.25, 0.3) is 0 Å². The Kier molecular flexibility index (Phi) is 4.90. The van der Waals surface area contributed by atoms with Crippen molar-refractivity contribution in [1.82, 2.24) is 5.32 Å². The lowest BCUT2D eigenvalue weighted by Crippen LogP contribution is -2.51. The van der Waals surface area contributed by atoms with Crippen LogP contribution in [0.2, 0.25) is 0 Å². The number of hydrogen-bond donors (Lipinski definition) is 3. The molecule has 4 nitrogen and oxygen atoms in total. The van der Waals surface area contributed by atoms with E-state index in [2.05, 4.69) is 32.0 Å². The van der Waals surface area contributed by atoms with Crippen LogP contribution in [-0.2, 0) is 4.79 Å². The molecule has 3 N–H and O–H groups in total. The summed E-state index contributed by atoms with van der Waals surface area (Å²) < 4.78 is 0. The highest BCUT2D eigenvalue weighted by Crippen LogP contribution is 1.99. The minimum Gasteiger partial charge on any atom is -0.394 e. The maximum Gasteiger partial charge on any atom is 0.297 e. The van der Waals surface area contributed by atoms with Gasteiger partial charge in [0.2, 0.25) is 0 Å². The molecule has 0 rings (SSSR count). The monoisotopic (exact) mass is 235 g/mol. The molecule has 5 heteroatoms. The van der Waals surface area contributed by atoms with E-state index in [1.54, 1.807) is 0 Å². The van der Waals surface area contributed by atoms with Gasteiger partial charge in [-0.2, -0.15) is 0 Å². The van der Waals surface area contributed by atoms with Crippen LogP contribution in [-0.4, -0.2) is 34.9 Å². The Morgan fingerprint density at radius 1 is 1.58 bits per heavy atom. The van der Waals surface area contributed by atoms with Crippen LogP contribution in [0.4, 0.5) is 0 Å². The highest BCUT2D eigenvalue weighted by molar-refractivity contribution is 9.12. The zero-order valence-electron chi connectivity index (χ0n) is 6.59. The number of hydrogen-bond acceptors (Lipinski definition) is 3. The summed E-state index contributed by atoms with van der Waals surface area (Å²) in [6, 6.07) is 0. The number of nitrogens with one attached hydrogen (secondary N) is 1. The fourth-order valence-electron chi connectivity index (χ4n) is 0.477. The van der Waals surface area contributed by atoms with Gasteiger partial charge >= 0.3 is 0 Å². The van der Waals surface area contributed by atoms with Crippen LogP contribution in [0, 0.1) is 10.8 Å². The van der Waals surface area contributed by atoms with E-state index >= 15 is 0 Å². The third kappa shape index (κ3) is 3.72. The highest BCUT2D eigenvalue weighted by Gasteiger charge is 2.23. The molecule has 0 aromatic carbocycles. The fraction of sp³-hybridized carbons (Fsp3) is 0.571. The van der Waals surface area contributed by atoms with Crippen LogP contribution < -0.4 is 5.32 Å². The van der Waals surface area contributed by atoms with Gasteiger partial charge in [-0.3, -0.25) is 4.79 Å². The van der Waals surface area contributed by atoms with Gasteiger partial charge in [0, 0.05) is 21.9 Å². The number of carbonyl (C=O) groups is 1. The lowest BCUT2D eigenvalue weighted by molar-refractivity contribution is -0.118. The van der Waals surface area contributed by atoms with E-state index in [0.29, 0.717) is 0 Å². The molecule has 68 valence electrons. The summed E-state index contributed by atoms with van der Waals surface area (Å²) in [6.07, 6.45) is 0. The Labute approximate surface area is 79.1 Å². The third-order valence-electron chi connectivity index (χ3n) is 1.27. The lowest BCUT2D eigenvalue weighted by Gasteiger charge is -2.24. The van der Waals surface area contributed by atoms with Gasteiger partial charge in [-0.15, -0.1) is 0 Å². The molecule has 0 bridgehead atoms. The molecule has 0 radical (unpaired) electrons. The van der Waals surface area contributed by atoms with E-state index in [-0.39, 0.29) is 13.2 Å². The summed E-state index contributed by atoms with van der Waals surface area (Å²) in [5.74, 6) is 1.62. The van der Waals surface area contributed by atoms with Crippen LogP contribution in [0.15, 0.2) is 0 Å². The molecule has 1 amide bonds. The zero-order valence-corrected chi connectivity index (χ0v) is 8.18. The van der Waals surface area contributed by atoms with Crippen molar-refractivity contribution in [2.24, 2.45) is 0 Å². The Hall–Kier alpha value is -0.570. The standard InChI is InChI=1S/C7H10BrNO3/c1-7(4-10,5-11)9-6(12)2-3-8/h10-11H,4-5H2,1H3,(H,9,12). The van der Waals surface area contributed by atoms with Gasteiger partial charge in [0.15, 0.2) is 0 Å². The minimum atomic E-state index is -1.01. The molecule has 0 spiro atoms. The SMILES string of the molecule is CC(CO)(CO)NC(=O)C#CBr. The topological polar surface area (TPSA) is 69.6 Å². The lowest BCUT2D eigenvalue weighted by atomic mass is 10.1. The average molecular weight is 236 g/mol. The van der Waals surface area contributed by atoms with Crippen molar-refractivity contribution in [3.63, 3.8) is 0 Å². The number of carbonyl (C=O) groups excluding carboxylic acids is 1. The molecule has 0 aliphatic heterocycles. The summed E-state index contributed by atoms with van der Waals surface area (Å²) in [4.78, 5) is 13.1. The van der Waals surface area contributed by atoms with Crippen molar-refractivity contribution in [1.29, 1.82) is 0 Å². The molecule has 0 aliphatic carbocycles. The number of rotatable bonds is 3. The van der Waals surface area contributed by atoms with E-state index < -0.39 is 11.4 Å². The van der Waals surface area contributed by atoms with E-state index in [4.69, 9.17) is 10.2 Å². The summed E-state index contributed by atoms with van der Waals surface area (Å²) in [7, 11) is 0. The number of aliphatic hydroxyl groups is 2. The van der Waals surface area contributed by atoms with Crippen molar-refractivity contribution < 1.29 is 15.0 Å². The first-order valence-corrected chi connectivity index (χ1v) is 4.03. The normalized spacial score (nSPS) is 10.0. The van der Waals surface area contributed by atoms with Crippen molar-refractivity contribution in [2.75, 3.05) is 13.2 Å². The van der Waals surface area contributed by atoms with Crippen LogP contribution in [0.3, 0.4) is 0 Å². The largest absolute Gasteiger partial charge is 0.394 e. The van der Waals surface area contributed by atoms with Crippen LogP contribution in [0.5, 0.6) is 0 Å². The van der Waals surface area contributed by atoms with E-state index in [9.17, 15) is 4.79 Å². The second-order valence-corrected chi connectivity index (χ2v) is 2.95. The maximum atomic E-state index is 10.8. The van der Waals surface area contributed by atoms with E-state index in [1.807, 2.05) is 0 Å². The summed E-state index contributed by atoms with van der Waals surface area (Å²) in [5, 5.41) is 19.9. The van der Waals surface area contributed by atoms with Crippen molar-refractivity contribution in [2.45, 2.75) is 12.5 Å². The molecular formula is C7H10BrNO3. The second-order valence-electron chi connectivity index (χ2n) is 2.55. The molecule has 0 aromatic rings. The van der Waals surface area contributed by atoms with Gasteiger partial charge in [-0.05, 0) is 11.8 Å². The van der Waals surface area contributed by atoms with Gasteiger partial charge in [0.05, 0.1) is 18.8 Å². The Bertz CT molecular complexity index is 214. The first-order chi connectivity index (χ1) is 5.58. The van der Waals surface area contributed by atoms with Crippen molar-refractivity contribution >= 4 is 21.8 Å². The molecule has 0 saturated carbocycles. The molecule has 0 heterocycles. The van der Waals surface area contributed by atoms with Gasteiger partial charge in [0.25, 0.3) is 5.91 Å². The number of amides is 1. The van der Waals surface area contributed by atoms with Gasteiger partial charge in [0.1, 0.15) is 0 Å². The Morgan fingerprint density at radius 3 is 2.42 bits per heavy atom. The van der Waals surface area contributed by atoms with Gasteiger partial charge in [-0.25, -0.2) is 0 Å². The smallest absolute Gasteiger partial charge is 0.297 e. The van der Waals surface area contributed by atoms with Crippen LogP contribution in [0.1, 0.15) is 6.92 Å². The van der Waals surface area contributed by atoms with Gasteiger partial charge < -0.3 is 15.5 Å². The van der Waals surface area contributed by atoms with Gasteiger partial charge in [-0.1, -0.05) is 0 Å². The second kappa shape index (κ2) is 5.14. The number of halogens is 1. The molecule has 0 atom stereocenters. The quantitative estimate of drug-likeness (QED) is 0.562. The van der Waals surface area contributed by atoms with Crippen molar-refractivity contribution in [3.8, 4) is 10.8 Å². The van der Waals surface area contributed by atoms with Crippen molar-refractivity contribution in [3.05, 3.63) is 0 Å². The molecular weight excluding hydrogens is 226 g/mol. The molecule has 12 heavy (non-hydrogen) atoms. The number of aliphatic hydroxyl groups excluding tert-OH is 2. The van der Waals surface area contributed by atoms with E-state index in [1.165, 1.54) is 6.92 Å². The molecule has 0 unspecified atom stereocenters. The highest BCUT2D eigenvalue weighted by atomic mass is 79.9. The fourth-order valence-corrected chi connectivity index (χ4v) is 0.657. The third-order valence-corrected chi connectivity index (χ3v) is 1.47. The van der Waals surface area contributed by atoms with E-state index in [0.717, 1.165) is 0 Å².